The number of halogens is 2. The first-order valence-electron chi connectivity index (χ1n) is 6.22. The zero-order valence-electron chi connectivity index (χ0n) is 10.7. The van der Waals surface area contributed by atoms with Crippen LogP contribution in [0, 0.1) is 0 Å². The van der Waals surface area contributed by atoms with E-state index in [0.717, 1.165) is 35.4 Å². The Morgan fingerprint density at radius 3 is 2.63 bits per heavy atom. The minimum absolute atomic E-state index is 0.433. The Hall–Kier alpha value is -1.13. The molecule has 19 heavy (non-hydrogen) atoms. The highest BCUT2D eigenvalue weighted by Crippen LogP contribution is 2.33. The van der Waals surface area contributed by atoms with Crippen LogP contribution in [0.5, 0.6) is 0 Å². The van der Waals surface area contributed by atoms with E-state index in [-0.39, 0.29) is 0 Å². The summed E-state index contributed by atoms with van der Waals surface area (Å²) in [5, 5.41) is 0.433. The van der Waals surface area contributed by atoms with Crippen molar-refractivity contribution in [3.05, 3.63) is 46.3 Å². The van der Waals surface area contributed by atoms with Gasteiger partial charge in [-0.2, -0.15) is 0 Å². The Bertz CT molecular complexity index is 533. The average molecular weight is 341 g/mol. The van der Waals surface area contributed by atoms with Crippen molar-refractivity contribution < 1.29 is 0 Å². The number of aromatic nitrogens is 2. The number of benzene rings is 1. The highest BCUT2D eigenvalue weighted by Gasteiger charge is 2.15. The van der Waals surface area contributed by atoms with E-state index >= 15 is 0 Å². The summed E-state index contributed by atoms with van der Waals surface area (Å²) in [4.78, 5) is 10.5. The molecule has 2 aromatic rings. The summed E-state index contributed by atoms with van der Waals surface area (Å²) in [5.41, 5.74) is 1.10. The molecule has 0 atom stereocenters. The molecule has 1 aromatic carbocycles. The molecular weight excluding hydrogens is 326 g/mol. The van der Waals surface area contributed by atoms with Gasteiger partial charge in [0, 0.05) is 12.2 Å². The average Bonchev–Trinajstić information content (AvgIpc) is 2.45. The molecular formula is C14H15BrClN3. The van der Waals surface area contributed by atoms with Gasteiger partial charge in [-0.05, 0) is 34.5 Å². The number of hydrogen-bond acceptors (Lipinski definition) is 3. The van der Waals surface area contributed by atoms with E-state index in [1.807, 2.05) is 18.2 Å². The number of rotatable bonds is 5. The highest BCUT2D eigenvalue weighted by molar-refractivity contribution is 9.10. The van der Waals surface area contributed by atoms with Gasteiger partial charge in [-0.25, -0.2) is 9.97 Å². The van der Waals surface area contributed by atoms with E-state index in [2.05, 4.69) is 49.9 Å². The summed E-state index contributed by atoms with van der Waals surface area (Å²) in [6, 6.07) is 10.2. The van der Waals surface area contributed by atoms with Crippen LogP contribution in [0.3, 0.4) is 0 Å². The monoisotopic (exact) mass is 339 g/mol. The Morgan fingerprint density at radius 1 is 1.21 bits per heavy atom. The first kappa shape index (κ1) is 14.3. The van der Waals surface area contributed by atoms with E-state index < -0.39 is 0 Å². The largest absolute Gasteiger partial charge is 0.325 e. The molecule has 0 N–H and O–H groups in total. The molecule has 2 rings (SSSR count). The van der Waals surface area contributed by atoms with E-state index in [0.29, 0.717) is 5.15 Å². The number of para-hydroxylation sites is 1. The molecule has 100 valence electrons. The third-order valence-corrected chi connectivity index (χ3v) is 4.03. The summed E-state index contributed by atoms with van der Waals surface area (Å²) in [7, 11) is 0. The molecule has 0 aliphatic rings. The van der Waals surface area contributed by atoms with E-state index in [9.17, 15) is 0 Å². The standard InChI is InChI=1S/C14H15BrClN3/c1-2-3-9-19(11-7-5-4-6-8-11)14-12(15)13(16)17-10-18-14/h4-8,10H,2-3,9H2,1H3. The fourth-order valence-electron chi connectivity index (χ4n) is 1.81. The first-order valence-corrected chi connectivity index (χ1v) is 7.39. The molecule has 0 radical (unpaired) electrons. The normalized spacial score (nSPS) is 10.5. The lowest BCUT2D eigenvalue weighted by Crippen LogP contribution is -2.20. The lowest BCUT2D eigenvalue weighted by molar-refractivity contribution is 0.777. The highest BCUT2D eigenvalue weighted by atomic mass is 79.9. The minimum Gasteiger partial charge on any atom is -0.325 e. The summed E-state index contributed by atoms with van der Waals surface area (Å²) in [5.74, 6) is 0.805. The minimum atomic E-state index is 0.433. The SMILES string of the molecule is CCCCN(c1ccccc1)c1ncnc(Cl)c1Br. The van der Waals surface area contributed by atoms with Gasteiger partial charge >= 0.3 is 0 Å². The molecule has 0 aliphatic carbocycles. The number of unbranched alkanes of at least 4 members (excludes halogenated alkanes) is 1. The van der Waals surface area contributed by atoms with Gasteiger partial charge in [-0.1, -0.05) is 43.1 Å². The molecule has 5 heteroatoms. The molecule has 0 saturated carbocycles. The van der Waals surface area contributed by atoms with Gasteiger partial charge in [0.2, 0.25) is 0 Å². The second-order valence-corrected chi connectivity index (χ2v) is 5.29. The molecule has 1 aromatic heterocycles. The fourth-order valence-corrected chi connectivity index (χ4v) is 2.36. The molecule has 0 amide bonds. The first-order chi connectivity index (χ1) is 9.24. The zero-order chi connectivity index (χ0) is 13.7. The van der Waals surface area contributed by atoms with Crippen molar-refractivity contribution >= 4 is 39.0 Å². The maximum absolute atomic E-state index is 6.05. The van der Waals surface area contributed by atoms with Gasteiger partial charge < -0.3 is 4.90 Å². The van der Waals surface area contributed by atoms with E-state index in [4.69, 9.17) is 11.6 Å². The fraction of sp³-hybridized carbons (Fsp3) is 0.286. The van der Waals surface area contributed by atoms with Crippen LogP contribution in [0.25, 0.3) is 0 Å². The number of anilines is 2. The quantitative estimate of drug-likeness (QED) is 0.730. The van der Waals surface area contributed by atoms with E-state index in [1.165, 1.54) is 6.33 Å². The van der Waals surface area contributed by atoms with Crippen LogP contribution in [-0.4, -0.2) is 16.5 Å². The molecule has 0 unspecified atom stereocenters. The third kappa shape index (κ3) is 3.45. The topological polar surface area (TPSA) is 29.0 Å². The van der Waals surface area contributed by atoms with Crippen molar-refractivity contribution in [3.8, 4) is 0 Å². The molecule has 0 fully saturated rings. The Morgan fingerprint density at radius 2 is 1.95 bits per heavy atom. The van der Waals surface area contributed by atoms with Crippen molar-refractivity contribution in [1.29, 1.82) is 0 Å². The van der Waals surface area contributed by atoms with Gasteiger partial charge in [0.25, 0.3) is 0 Å². The maximum Gasteiger partial charge on any atom is 0.152 e. The Kier molecular flexibility index (Phi) is 5.16. The lowest BCUT2D eigenvalue weighted by atomic mass is 10.2. The van der Waals surface area contributed by atoms with Crippen molar-refractivity contribution in [2.45, 2.75) is 19.8 Å². The van der Waals surface area contributed by atoms with Gasteiger partial charge in [0.15, 0.2) is 5.82 Å². The van der Waals surface area contributed by atoms with Crippen molar-refractivity contribution in [2.24, 2.45) is 0 Å². The summed E-state index contributed by atoms with van der Waals surface area (Å²) in [6.07, 6.45) is 3.70. The van der Waals surface area contributed by atoms with Crippen LogP contribution < -0.4 is 4.90 Å². The van der Waals surface area contributed by atoms with Gasteiger partial charge in [0.1, 0.15) is 11.5 Å². The van der Waals surface area contributed by atoms with Crippen LogP contribution in [0.1, 0.15) is 19.8 Å². The third-order valence-electron chi connectivity index (χ3n) is 2.79. The molecule has 0 saturated heterocycles. The molecule has 0 bridgehead atoms. The van der Waals surface area contributed by atoms with Crippen molar-refractivity contribution in [3.63, 3.8) is 0 Å². The van der Waals surface area contributed by atoms with E-state index in [1.54, 1.807) is 0 Å². The summed E-state index contributed by atoms with van der Waals surface area (Å²) in [6.45, 7) is 3.07. The van der Waals surface area contributed by atoms with Crippen molar-refractivity contribution in [1.82, 2.24) is 9.97 Å². The summed E-state index contributed by atoms with van der Waals surface area (Å²) >= 11 is 9.53. The second-order valence-electron chi connectivity index (χ2n) is 4.14. The van der Waals surface area contributed by atoms with Crippen LogP contribution in [-0.2, 0) is 0 Å². The lowest BCUT2D eigenvalue weighted by Gasteiger charge is -2.24. The maximum atomic E-state index is 6.05. The number of nitrogens with zero attached hydrogens (tertiary/aromatic N) is 3. The molecule has 3 nitrogen and oxygen atoms in total. The van der Waals surface area contributed by atoms with Crippen LogP contribution in [0.2, 0.25) is 5.15 Å². The van der Waals surface area contributed by atoms with Gasteiger partial charge in [-0.3, -0.25) is 0 Å². The summed E-state index contributed by atoms with van der Waals surface area (Å²) < 4.78 is 0.733. The molecule has 0 aliphatic heterocycles. The van der Waals surface area contributed by atoms with Gasteiger partial charge in [-0.15, -0.1) is 0 Å². The second kappa shape index (κ2) is 6.87. The van der Waals surface area contributed by atoms with Gasteiger partial charge in [0.05, 0.1) is 4.47 Å². The Labute approximate surface area is 126 Å². The molecule has 0 spiro atoms. The Balaban J connectivity index is 2.40. The van der Waals surface area contributed by atoms with Crippen LogP contribution in [0.15, 0.2) is 41.1 Å². The van der Waals surface area contributed by atoms with Crippen LogP contribution >= 0.6 is 27.5 Å². The van der Waals surface area contributed by atoms with Crippen LogP contribution in [0.4, 0.5) is 11.5 Å². The predicted octanol–water partition coefficient (Wildman–Crippen LogP) is 4.83. The smallest absolute Gasteiger partial charge is 0.152 e. The predicted molar refractivity (Wildman–Crippen MR) is 83.1 cm³/mol. The number of hydrogen-bond donors (Lipinski definition) is 0. The van der Waals surface area contributed by atoms with Crippen molar-refractivity contribution in [2.75, 3.05) is 11.4 Å². The molecule has 1 heterocycles. The zero-order valence-corrected chi connectivity index (χ0v) is 13.0.